The molecule has 0 aromatic carbocycles. The topological polar surface area (TPSA) is 66.2 Å². The van der Waals surface area contributed by atoms with E-state index in [-0.39, 0.29) is 42.0 Å². The Morgan fingerprint density at radius 1 is 1.88 bits per heavy atom. The summed E-state index contributed by atoms with van der Waals surface area (Å²) in [4.78, 5) is 9.62. The molecule has 0 saturated carbocycles. The number of rotatable bonds is 2. The number of carboxylic acids is 1. The third-order valence-corrected chi connectivity index (χ3v) is 0.489. The van der Waals surface area contributed by atoms with Crippen LogP contribution in [0.2, 0.25) is 0 Å². The van der Waals surface area contributed by atoms with E-state index in [9.17, 15) is 9.90 Å². The fourth-order valence-corrected chi connectivity index (χ4v) is 0.263. The van der Waals surface area contributed by atoms with E-state index in [2.05, 4.69) is 0 Å². The Labute approximate surface area is 70.5 Å². The monoisotopic (exact) mass is 125 g/mol. The van der Waals surface area contributed by atoms with Gasteiger partial charge in [0.15, 0.2) is 0 Å². The van der Waals surface area contributed by atoms with Crippen molar-refractivity contribution < 1.29 is 39.5 Å². The van der Waals surface area contributed by atoms with Gasteiger partial charge in [-0.05, 0) is 6.92 Å². The Morgan fingerprint density at radius 3 is 2.25 bits per heavy atom. The number of nitrogens with two attached hydrogens (primary N) is 1. The van der Waals surface area contributed by atoms with Crippen molar-refractivity contribution in [3.05, 3.63) is 0 Å². The van der Waals surface area contributed by atoms with Crippen LogP contribution < -0.4 is 40.4 Å². The van der Waals surface area contributed by atoms with E-state index in [4.69, 9.17) is 5.73 Å². The summed E-state index contributed by atoms with van der Waals surface area (Å²) in [5.41, 5.74) is 5.07. The molecule has 0 aliphatic rings. The van der Waals surface area contributed by atoms with Gasteiger partial charge in [0.2, 0.25) is 0 Å². The second-order valence-electron chi connectivity index (χ2n) is 1.55. The Balaban J connectivity index is 0. The summed E-state index contributed by atoms with van der Waals surface area (Å²) in [7, 11) is 0. The van der Waals surface area contributed by atoms with Crippen LogP contribution in [0.5, 0.6) is 0 Å². The van der Waals surface area contributed by atoms with Gasteiger partial charge in [-0.15, -0.1) is 0 Å². The molecule has 0 aromatic heterocycles. The van der Waals surface area contributed by atoms with Crippen LogP contribution in [0, 0.1) is 0 Å². The van der Waals surface area contributed by atoms with E-state index < -0.39 is 5.97 Å². The van der Waals surface area contributed by atoms with Crippen LogP contribution in [0.15, 0.2) is 0 Å². The first-order valence-electron chi connectivity index (χ1n) is 2.08. The first-order chi connectivity index (χ1) is 3.13. The standard InChI is InChI=1S/C4H9NO2.Na/c1-3(5)2-4(6)7;/h3H,2,5H2,1H3,(H,6,7);/q;+1/p-1. The Bertz CT molecular complexity index is 74.4. The van der Waals surface area contributed by atoms with Gasteiger partial charge in [0.1, 0.15) is 0 Å². The molecule has 8 heavy (non-hydrogen) atoms. The number of carbonyl (C=O) groups is 1. The molecule has 42 valence electrons. The van der Waals surface area contributed by atoms with Crippen LogP contribution in [0.3, 0.4) is 0 Å². The van der Waals surface area contributed by atoms with E-state index in [1.165, 1.54) is 0 Å². The van der Waals surface area contributed by atoms with Gasteiger partial charge in [-0.3, -0.25) is 0 Å². The largest absolute Gasteiger partial charge is 1.00 e. The number of carbonyl (C=O) groups excluding carboxylic acids is 1. The number of carboxylic acid groups (broad SMARTS) is 1. The Kier molecular flexibility index (Phi) is 7.83. The summed E-state index contributed by atoms with van der Waals surface area (Å²) in [5, 5.41) is 9.62. The summed E-state index contributed by atoms with van der Waals surface area (Å²) in [5.74, 6) is -1.09. The molecule has 0 aliphatic heterocycles. The summed E-state index contributed by atoms with van der Waals surface area (Å²) < 4.78 is 0. The molecule has 0 rings (SSSR count). The van der Waals surface area contributed by atoms with Crippen molar-refractivity contribution in [1.82, 2.24) is 0 Å². The predicted molar refractivity (Wildman–Crippen MR) is 23.3 cm³/mol. The molecule has 3 nitrogen and oxygen atoms in total. The molecule has 0 amide bonds. The molecule has 1 atom stereocenters. The maximum atomic E-state index is 9.62. The third-order valence-electron chi connectivity index (χ3n) is 0.489. The van der Waals surface area contributed by atoms with Gasteiger partial charge in [-0.1, -0.05) is 0 Å². The van der Waals surface area contributed by atoms with Crippen LogP contribution in [0.1, 0.15) is 13.3 Å². The Morgan fingerprint density at radius 2 is 2.25 bits per heavy atom. The fraction of sp³-hybridized carbons (Fsp3) is 0.750. The average Bonchev–Trinajstić information content (AvgIpc) is 1.27. The third kappa shape index (κ3) is 9.66. The van der Waals surface area contributed by atoms with Crippen molar-refractivity contribution in [2.45, 2.75) is 19.4 Å². The molecular formula is C4H8NNaO2. The van der Waals surface area contributed by atoms with Crippen molar-refractivity contribution in [3.8, 4) is 0 Å². The first-order valence-corrected chi connectivity index (χ1v) is 2.08. The average molecular weight is 125 g/mol. The summed E-state index contributed by atoms with van der Waals surface area (Å²) in [6.07, 6.45) is -0.0556. The normalized spacial score (nSPS) is 11.8. The molecule has 4 heteroatoms. The van der Waals surface area contributed by atoms with Crippen LogP contribution in [0.4, 0.5) is 0 Å². The summed E-state index contributed by atoms with van der Waals surface area (Å²) >= 11 is 0. The van der Waals surface area contributed by atoms with Gasteiger partial charge in [0.05, 0.1) is 0 Å². The van der Waals surface area contributed by atoms with Crippen LogP contribution in [-0.4, -0.2) is 12.0 Å². The molecule has 0 heterocycles. The SMILES string of the molecule is CC(N)CC(=O)[O-].[Na+]. The molecule has 0 spiro atoms. The van der Waals surface area contributed by atoms with E-state index in [1.54, 1.807) is 6.92 Å². The minimum atomic E-state index is -1.09. The van der Waals surface area contributed by atoms with Gasteiger partial charge in [0.25, 0.3) is 0 Å². The second kappa shape index (κ2) is 5.56. The van der Waals surface area contributed by atoms with Crippen molar-refractivity contribution in [3.63, 3.8) is 0 Å². The molecule has 0 bridgehead atoms. The molecule has 0 fully saturated rings. The molecule has 0 saturated heterocycles. The second-order valence-corrected chi connectivity index (χ2v) is 1.55. The van der Waals surface area contributed by atoms with Gasteiger partial charge >= 0.3 is 29.6 Å². The molecule has 0 radical (unpaired) electrons. The Hall–Kier alpha value is 0.430. The predicted octanol–water partition coefficient (Wildman–Crippen LogP) is -4.52. The molecule has 1 unspecified atom stereocenters. The zero-order valence-electron chi connectivity index (χ0n) is 5.18. The first kappa shape index (κ1) is 11.3. The van der Waals surface area contributed by atoms with E-state index >= 15 is 0 Å². The molecule has 0 aromatic rings. The smallest absolute Gasteiger partial charge is 0.550 e. The maximum Gasteiger partial charge on any atom is 1.00 e. The number of aliphatic carboxylic acids is 1. The van der Waals surface area contributed by atoms with Crippen molar-refractivity contribution in [2.24, 2.45) is 5.73 Å². The van der Waals surface area contributed by atoms with Crippen LogP contribution in [-0.2, 0) is 4.79 Å². The van der Waals surface area contributed by atoms with Gasteiger partial charge < -0.3 is 15.6 Å². The van der Waals surface area contributed by atoms with Crippen LogP contribution in [0.25, 0.3) is 0 Å². The van der Waals surface area contributed by atoms with E-state index in [0.717, 1.165) is 0 Å². The van der Waals surface area contributed by atoms with Crippen LogP contribution >= 0.6 is 0 Å². The maximum absolute atomic E-state index is 9.62. The van der Waals surface area contributed by atoms with Crippen molar-refractivity contribution >= 4 is 5.97 Å². The van der Waals surface area contributed by atoms with Gasteiger partial charge in [-0.2, -0.15) is 0 Å². The van der Waals surface area contributed by atoms with Gasteiger partial charge in [0, 0.05) is 18.4 Å². The van der Waals surface area contributed by atoms with Crippen molar-refractivity contribution in [1.29, 1.82) is 0 Å². The minimum Gasteiger partial charge on any atom is -0.550 e. The summed E-state index contributed by atoms with van der Waals surface area (Å²) in [6.45, 7) is 1.62. The quantitative estimate of drug-likeness (QED) is 0.378. The summed E-state index contributed by atoms with van der Waals surface area (Å²) in [6, 6.07) is -0.287. The zero-order chi connectivity index (χ0) is 5.86. The molecular weight excluding hydrogens is 117 g/mol. The van der Waals surface area contributed by atoms with E-state index in [1.807, 2.05) is 0 Å². The molecule has 0 aliphatic carbocycles. The number of hydrogen-bond acceptors (Lipinski definition) is 3. The van der Waals surface area contributed by atoms with Crippen molar-refractivity contribution in [2.75, 3.05) is 0 Å². The number of hydrogen-bond donors (Lipinski definition) is 1. The zero-order valence-corrected chi connectivity index (χ0v) is 7.18. The van der Waals surface area contributed by atoms with E-state index in [0.29, 0.717) is 0 Å². The van der Waals surface area contributed by atoms with Gasteiger partial charge in [-0.25, -0.2) is 0 Å². The fourth-order valence-electron chi connectivity index (χ4n) is 0.263. The molecule has 2 N–H and O–H groups in total. The minimum absolute atomic E-state index is 0.